The van der Waals surface area contributed by atoms with Crippen molar-refractivity contribution >= 4 is 28.0 Å². The largest absolute Gasteiger partial charge is 0.255 e. The predicted molar refractivity (Wildman–Crippen MR) is 105 cm³/mol. The zero-order valence-electron chi connectivity index (χ0n) is 14.1. The highest BCUT2D eigenvalue weighted by Gasteiger charge is 2.28. The maximum absolute atomic E-state index is 4.85. The van der Waals surface area contributed by atoms with Crippen molar-refractivity contribution in [3.63, 3.8) is 0 Å². The first kappa shape index (κ1) is 16.2. The second-order valence-corrected chi connectivity index (χ2v) is 7.03. The number of pyridine rings is 1. The van der Waals surface area contributed by atoms with Gasteiger partial charge in [-0.2, -0.15) is 5.10 Å². The SMILES string of the molecule is CCn1nc(-c2ccccn2)c2c1N=CCCC2c1ccc(Br)cc1. The average molecular weight is 395 g/mol. The molecule has 0 N–H and O–H groups in total. The van der Waals surface area contributed by atoms with Crippen molar-refractivity contribution in [2.75, 3.05) is 0 Å². The summed E-state index contributed by atoms with van der Waals surface area (Å²) < 4.78 is 3.09. The van der Waals surface area contributed by atoms with Crippen molar-refractivity contribution in [3.05, 3.63) is 64.3 Å². The smallest absolute Gasteiger partial charge is 0.154 e. The summed E-state index contributed by atoms with van der Waals surface area (Å²) >= 11 is 3.53. The molecule has 0 bridgehead atoms. The molecule has 5 heteroatoms. The Morgan fingerprint density at radius 1 is 1.16 bits per heavy atom. The van der Waals surface area contributed by atoms with Gasteiger partial charge in [0, 0.05) is 34.9 Å². The van der Waals surface area contributed by atoms with Crippen LogP contribution in [0.2, 0.25) is 0 Å². The van der Waals surface area contributed by atoms with Gasteiger partial charge in [0.15, 0.2) is 5.82 Å². The highest BCUT2D eigenvalue weighted by Crippen LogP contribution is 2.42. The molecule has 0 radical (unpaired) electrons. The lowest BCUT2D eigenvalue weighted by Gasteiger charge is -2.16. The predicted octanol–water partition coefficient (Wildman–Crippen LogP) is 5.36. The maximum Gasteiger partial charge on any atom is 0.154 e. The van der Waals surface area contributed by atoms with Crippen molar-refractivity contribution in [2.24, 2.45) is 4.99 Å². The van der Waals surface area contributed by atoms with Crippen LogP contribution < -0.4 is 0 Å². The van der Waals surface area contributed by atoms with E-state index in [0.29, 0.717) is 0 Å². The van der Waals surface area contributed by atoms with Crippen LogP contribution in [0.4, 0.5) is 5.82 Å². The fourth-order valence-corrected chi connectivity index (χ4v) is 3.67. The van der Waals surface area contributed by atoms with Gasteiger partial charge in [0.2, 0.25) is 0 Å². The Balaban J connectivity index is 1.93. The molecular formula is C20H19BrN4. The molecule has 4 rings (SSSR count). The summed E-state index contributed by atoms with van der Waals surface area (Å²) in [6.45, 7) is 2.89. The molecule has 1 unspecified atom stereocenters. The lowest BCUT2D eigenvalue weighted by molar-refractivity contribution is 0.665. The summed E-state index contributed by atoms with van der Waals surface area (Å²) in [7, 11) is 0. The lowest BCUT2D eigenvalue weighted by atomic mass is 9.87. The van der Waals surface area contributed by atoms with Crippen LogP contribution in [0.15, 0.2) is 58.1 Å². The summed E-state index contributed by atoms with van der Waals surface area (Å²) in [5, 5.41) is 4.85. The van der Waals surface area contributed by atoms with Crippen molar-refractivity contribution in [1.29, 1.82) is 0 Å². The van der Waals surface area contributed by atoms with E-state index in [0.717, 1.165) is 41.1 Å². The molecule has 3 aromatic rings. The first-order chi connectivity index (χ1) is 12.3. The van der Waals surface area contributed by atoms with E-state index in [2.05, 4.69) is 52.1 Å². The number of fused-ring (bicyclic) bond motifs is 1. The molecule has 4 nitrogen and oxygen atoms in total. The van der Waals surface area contributed by atoms with Gasteiger partial charge in [-0.1, -0.05) is 34.1 Å². The van der Waals surface area contributed by atoms with Crippen LogP contribution >= 0.6 is 15.9 Å². The minimum atomic E-state index is 0.267. The summed E-state index contributed by atoms with van der Waals surface area (Å²) in [5.74, 6) is 1.23. The van der Waals surface area contributed by atoms with E-state index in [1.165, 1.54) is 11.1 Å². The highest BCUT2D eigenvalue weighted by atomic mass is 79.9. The summed E-state index contributed by atoms with van der Waals surface area (Å²) in [5.41, 5.74) is 4.34. The van der Waals surface area contributed by atoms with Crippen molar-refractivity contribution in [2.45, 2.75) is 32.2 Å². The van der Waals surface area contributed by atoms with E-state index >= 15 is 0 Å². The summed E-state index contributed by atoms with van der Waals surface area (Å²) in [6, 6.07) is 14.6. The number of aryl methyl sites for hydroxylation is 1. The van der Waals surface area contributed by atoms with Crippen LogP contribution in [-0.4, -0.2) is 21.0 Å². The molecule has 1 aliphatic rings. The van der Waals surface area contributed by atoms with Gasteiger partial charge >= 0.3 is 0 Å². The van der Waals surface area contributed by atoms with Crippen LogP contribution in [0.3, 0.4) is 0 Å². The molecule has 0 spiro atoms. The van der Waals surface area contributed by atoms with Crippen LogP contribution in [0.1, 0.15) is 36.8 Å². The van der Waals surface area contributed by atoms with Gasteiger partial charge in [0.05, 0.1) is 5.69 Å². The van der Waals surface area contributed by atoms with Gasteiger partial charge in [-0.05, 0) is 49.6 Å². The molecule has 2 aromatic heterocycles. The van der Waals surface area contributed by atoms with Gasteiger partial charge in [0.1, 0.15) is 5.69 Å². The van der Waals surface area contributed by atoms with Crippen LogP contribution in [0, 0.1) is 0 Å². The zero-order valence-corrected chi connectivity index (χ0v) is 15.6. The zero-order chi connectivity index (χ0) is 17.2. The summed E-state index contributed by atoms with van der Waals surface area (Å²) in [6.07, 6.45) is 5.82. The average Bonchev–Trinajstić information content (AvgIpc) is 2.88. The van der Waals surface area contributed by atoms with E-state index in [1.54, 1.807) is 0 Å². The summed E-state index contributed by atoms with van der Waals surface area (Å²) in [4.78, 5) is 9.28. The standard InChI is InChI=1S/C20H19BrN4/c1-2-25-20-18(19(24-25)17-7-3-4-12-22-17)16(6-5-13-23-20)14-8-10-15(21)11-9-14/h3-4,7-13,16H,2,5-6H2,1H3. The second kappa shape index (κ2) is 6.92. The minimum absolute atomic E-state index is 0.267. The number of benzene rings is 1. The van der Waals surface area contributed by atoms with E-state index in [9.17, 15) is 0 Å². The van der Waals surface area contributed by atoms with E-state index < -0.39 is 0 Å². The van der Waals surface area contributed by atoms with Crippen molar-refractivity contribution in [1.82, 2.24) is 14.8 Å². The van der Waals surface area contributed by atoms with E-state index in [4.69, 9.17) is 10.1 Å². The number of aliphatic imine (C=N–C) groups is 1. The molecule has 1 atom stereocenters. The normalized spacial score (nSPS) is 16.5. The number of hydrogen-bond acceptors (Lipinski definition) is 3. The first-order valence-corrected chi connectivity index (χ1v) is 9.37. The van der Waals surface area contributed by atoms with Gasteiger partial charge in [-0.3, -0.25) is 4.98 Å². The fraction of sp³-hybridized carbons (Fsp3) is 0.250. The Morgan fingerprint density at radius 3 is 2.72 bits per heavy atom. The third-order valence-corrected chi connectivity index (χ3v) is 5.12. The number of nitrogens with zero attached hydrogens (tertiary/aromatic N) is 4. The van der Waals surface area contributed by atoms with Gasteiger partial charge < -0.3 is 0 Å². The van der Waals surface area contributed by atoms with Crippen LogP contribution in [-0.2, 0) is 6.54 Å². The Hall–Kier alpha value is -2.27. The molecule has 25 heavy (non-hydrogen) atoms. The number of rotatable bonds is 3. The molecule has 0 aliphatic carbocycles. The molecular weight excluding hydrogens is 376 g/mol. The lowest BCUT2D eigenvalue weighted by Crippen LogP contribution is -2.02. The van der Waals surface area contributed by atoms with Crippen molar-refractivity contribution in [3.8, 4) is 11.4 Å². The molecule has 126 valence electrons. The molecule has 0 saturated carbocycles. The van der Waals surface area contributed by atoms with Crippen molar-refractivity contribution < 1.29 is 0 Å². The van der Waals surface area contributed by atoms with E-state index in [-0.39, 0.29) is 5.92 Å². The van der Waals surface area contributed by atoms with E-state index in [1.807, 2.05) is 35.3 Å². The first-order valence-electron chi connectivity index (χ1n) is 8.58. The molecule has 1 aromatic carbocycles. The Bertz CT molecular complexity index is 897. The Labute approximate surface area is 155 Å². The fourth-order valence-electron chi connectivity index (χ4n) is 3.40. The highest BCUT2D eigenvalue weighted by molar-refractivity contribution is 9.10. The Kier molecular flexibility index (Phi) is 4.49. The van der Waals surface area contributed by atoms with Gasteiger partial charge in [0.25, 0.3) is 0 Å². The molecule has 0 amide bonds. The maximum atomic E-state index is 4.85. The third-order valence-electron chi connectivity index (χ3n) is 4.59. The molecule has 0 saturated heterocycles. The third kappa shape index (κ3) is 3.04. The Morgan fingerprint density at radius 2 is 2.00 bits per heavy atom. The monoisotopic (exact) mass is 394 g/mol. The topological polar surface area (TPSA) is 43.1 Å². The van der Waals surface area contributed by atoms with Crippen LogP contribution in [0.25, 0.3) is 11.4 Å². The number of hydrogen-bond donors (Lipinski definition) is 0. The van der Waals surface area contributed by atoms with Crippen LogP contribution in [0.5, 0.6) is 0 Å². The minimum Gasteiger partial charge on any atom is -0.255 e. The second-order valence-electron chi connectivity index (χ2n) is 6.11. The number of halogens is 1. The van der Waals surface area contributed by atoms with Gasteiger partial charge in [-0.15, -0.1) is 0 Å². The molecule has 3 heterocycles. The van der Waals surface area contributed by atoms with Gasteiger partial charge in [-0.25, -0.2) is 9.67 Å². The quantitative estimate of drug-likeness (QED) is 0.600. The molecule has 1 aliphatic heterocycles. The number of aromatic nitrogens is 3. The molecule has 0 fully saturated rings.